The van der Waals surface area contributed by atoms with Crippen LogP contribution in [0.25, 0.3) is 0 Å². The summed E-state index contributed by atoms with van der Waals surface area (Å²) >= 11 is 3.19. The third-order valence-electron chi connectivity index (χ3n) is 2.66. The van der Waals surface area contributed by atoms with Crippen molar-refractivity contribution in [2.24, 2.45) is 0 Å². The SMILES string of the molecule is CCn1cc(Br)c(C(=O)Nc2ccc(F)cc2OC(F)F)n1. The molecule has 2 rings (SSSR count). The number of alkyl halides is 2. The molecule has 1 amide bonds. The summed E-state index contributed by atoms with van der Waals surface area (Å²) in [6.45, 7) is -0.735. The number of amides is 1. The molecular weight excluding hydrogens is 367 g/mol. The minimum atomic E-state index is -3.14. The Hall–Kier alpha value is -2.03. The summed E-state index contributed by atoms with van der Waals surface area (Å²) in [7, 11) is 0. The highest BCUT2D eigenvalue weighted by Gasteiger charge is 2.18. The van der Waals surface area contributed by atoms with Crippen LogP contribution in [0.2, 0.25) is 0 Å². The first-order chi connectivity index (χ1) is 10.4. The molecule has 0 saturated carbocycles. The van der Waals surface area contributed by atoms with E-state index in [1.807, 2.05) is 6.92 Å². The number of rotatable bonds is 5. The normalized spacial score (nSPS) is 10.8. The van der Waals surface area contributed by atoms with Gasteiger partial charge in [-0.2, -0.15) is 13.9 Å². The van der Waals surface area contributed by atoms with Crippen molar-refractivity contribution in [3.63, 3.8) is 0 Å². The Kier molecular flexibility index (Phi) is 5.07. The minimum Gasteiger partial charge on any atom is -0.432 e. The molecule has 0 atom stereocenters. The predicted octanol–water partition coefficient (Wildman–Crippen LogP) is 3.66. The lowest BCUT2D eigenvalue weighted by molar-refractivity contribution is -0.0495. The summed E-state index contributed by atoms with van der Waals surface area (Å²) in [5, 5.41) is 6.40. The lowest BCUT2D eigenvalue weighted by Gasteiger charge is -2.11. The summed E-state index contributed by atoms with van der Waals surface area (Å²) in [5.74, 6) is -1.86. The van der Waals surface area contributed by atoms with Crippen LogP contribution >= 0.6 is 15.9 Å². The van der Waals surface area contributed by atoms with Gasteiger partial charge in [0.15, 0.2) is 11.4 Å². The van der Waals surface area contributed by atoms with E-state index in [4.69, 9.17) is 0 Å². The van der Waals surface area contributed by atoms with Gasteiger partial charge in [-0.25, -0.2) is 4.39 Å². The van der Waals surface area contributed by atoms with Crippen LogP contribution in [0.5, 0.6) is 5.75 Å². The molecule has 5 nitrogen and oxygen atoms in total. The number of carbonyl (C=O) groups is 1. The third kappa shape index (κ3) is 3.79. The number of nitrogens with one attached hydrogen (secondary N) is 1. The van der Waals surface area contributed by atoms with E-state index in [-0.39, 0.29) is 11.4 Å². The zero-order valence-corrected chi connectivity index (χ0v) is 12.9. The van der Waals surface area contributed by atoms with Gasteiger partial charge in [-0.3, -0.25) is 9.48 Å². The van der Waals surface area contributed by atoms with Gasteiger partial charge in [0.2, 0.25) is 0 Å². The van der Waals surface area contributed by atoms with Gasteiger partial charge >= 0.3 is 6.61 Å². The smallest absolute Gasteiger partial charge is 0.387 e. The maximum absolute atomic E-state index is 13.1. The average Bonchev–Trinajstić information content (AvgIpc) is 2.82. The second-order valence-electron chi connectivity index (χ2n) is 4.15. The molecule has 2 aromatic rings. The Balaban J connectivity index is 2.25. The second kappa shape index (κ2) is 6.82. The van der Waals surface area contributed by atoms with Crippen LogP contribution in [-0.4, -0.2) is 22.3 Å². The fourth-order valence-electron chi connectivity index (χ4n) is 1.69. The van der Waals surface area contributed by atoms with Gasteiger partial charge in [-0.15, -0.1) is 0 Å². The number of anilines is 1. The molecule has 0 spiro atoms. The molecule has 0 saturated heterocycles. The van der Waals surface area contributed by atoms with Crippen molar-refractivity contribution >= 4 is 27.5 Å². The van der Waals surface area contributed by atoms with Gasteiger partial charge in [-0.1, -0.05) is 0 Å². The fraction of sp³-hybridized carbons (Fsp3) is 0.231. The molecule has 1 aromatic heterocycles. The topological polar surface area (TPSA) is 56.2 Å². The van der Waals surface area contributed by atoms with Crippen LogP contribution in [0.4, 0.5) is 18.9 Å². The number of nitrogens with zero attached hydrogens (tertiary/aromatic N) is 2. The number of aromatic nitrogens is 2. The molecule has 9 heteroatoms. The van der Waals surface area contributed by atoms with E-state index < -0.39 is 24.1 Å². The van der Waals surface area contributed by atoms with E-state index in [1.165, 1.54) is 4.68 Å². The van der Waals surface area contributed by atoms with Gasteiger partial charge < -0.3 is 10.1 Å². The highest BCUT2D eigenvalue weighted by Crippen LogP contribution is 2.28. The van der Waals surface area contributed by atoms with Gasteiger partial charge in [0, 0.05) is 18.8 Å². The van der Waals surface area contributed by atoms with Gasteiger partial charge in [0.25, 0.3) is 5.91 Å². The Morgan fingerprint density at radius 2 is 2.23 bits per heavy atom. The number of hydrogen-bond acceptors (Lipinski definition) is 3. The van der Waals surface area contributed by atoms with Crippen molar-refractivity contribution < 1.29 is 22.7 Å². The molecule has 0 bridgehead atoms. The van der Waals surface area contributed by atoms with Crippen molar-refractivity contribution in [1.82, 2.24) is 9.78 Å². The Labute approximate surface area is 132 Å². The number of carbonyl (C=O) groups excluding carboxylic acids is 1. The second-order valence-corrected chi connectivity index (χ2v) is 5.01. The predicted molar refractivity (Wildman–Crippen MR) is 76.6 cm³/mol. The standard InChI is InChI=1S/C13H11BrF3N3O2/c1-2-20-6-8(14)11(19-20)12(21)18-9-4-3-7(15)5-10(9)22-13(16)17/h3-6,13H,2H2,1H3,(H,18,21). The summed E-state index contributed by atoms with van der Waals surface area (Å²) in [4.78, 5) is 12.1. The van der Waals surface area contributed by atoms with Crippen molar-refractivity contribution in [3.05, 3.63) is 40.4 Å². The summed E-state index contributed by atoms with van der Waals surface area (Å²) < 4.78 is 43.9. The third-order valence-corrected chi connectivity index (χ3v) is 3.24. The van der Waals surface area contributed by atoms with Crippen molar-refractivity contribution in [2.45, 2.75) is 20.1 Å². The van der Waals surface area contributed by atoms with Crippen molar-refractivity contribution in [1.29, 1.82) is 0 Å². The van der Waals surface area contributed by atoms with E-state index in [0.717, 1.165) is 18.2 Å². The monoisotopic (exact) mass is 377 g/mol. The molecule has 1 N–H and O–H groups in total. The average molecular weight is 378 g/mol. The number of ether oxygens (including phenoxy) is 1. The number of benzene rings is 1. The van der Waals surface area contributed by atoms with Gasteiger partial charge in [-0.05, 0) is 35.0 Å². The highest BCUT2D eigenvalue weighted by molar-refractivity contribution is 9.10. The summed E-state index contributed by atoms with van der Waals surface area (Å²) in [5.41, 5.74) is -0.00109. The van der Waals surface area contributed by atoms with Crippen LogP contribution in [0.3, 0.4) is 0 Å². The van der Waals surface area contributed by atoms with Crippen LogP contribution in [0.1, 0.15) is 17.4 Å². The first-order valence-electron chi connectivity index (χ1n) is 6.19. The van der Waals surface area contributed by atoms with Crippen LogP contribution in [0.15, 0.2) is 28.9 Å². The number of hydrogen-bond donors (Lipinski definition) is 1. The molecule has 1 aromatic carbocycles. The lowest BCUT2D eigenvalue weighted by Crippen LogP contribution is -2.15. The fourth-order valence-corrected chi connectivity index (χ4v) is 2.18. The zero-order valence-electron chi connectivity index (χ0n) is 11.3. The van der Waals surface area contributed by atoms with Gasteiger partial charge in [0.1, 0.15) is 5.82 Å². The van der Waals surface area contributed by atoms with E-state index in [9.17, 15) is 18.0 Å². The highest BCUT2D eigenvalue weighted by atomic mass is 79.9. The van der Waals surface area contributed by atoms with Crippen LogP contribution in [-0.2, 0) is 6.54 Å². The Bertz CT molecular complexity index is 691. The summed E-state index contributed by atoms with van der Waals surface area (Å²) in [6.07, 6.45) is 1.61. The maximum Gasteiger partial charge on any atom is 0.387 e. The van der Waals surface area contributed by atoms with Gasteiger partial charge in [0.05, 0.1) is 10.2 Å². The molecule has 22 heavy (non-hydrogen) atoms. The van der Waals surface area contributed by atoms with Crippen molar-refractivity contribution in [2.75, 3.05) is 5.32 Å². The molecule has 0 aliphatic heterocycles. The first-order valence-corrected chi connectivity index (χ1v) is 6.98. The quantitative estimate of drug-likeness (QED) is 0.864. The molecule has 0 radical (unpaired) electrons. The first kappa shape index (κ1) is 16.3. The molecule has 0 aliphatic rings. The van der Waals surface area contributed by atoms with E-state index in [1.54, 1.807) is 6.20 Å². The molecule has 0 unspecified atom stereocenters. The molecule has 118 valence electrons. The zero-order chi connectivity index (χ0) is 16.3. The largest absolute Gasteiger partial charge is 0.432 e. The summed E-state index contributed by atoms with van der Waals surface area (Å²) in [6, 6.07) is 2.92. The molecule has 0 fully saturated rings. The lowest BCUT2D eigenvalue weighted by atomic mass is 10.2. The number of aryl methyl sites for hydroxylation is 1. The molecular formula is C13H11BrF3N3O2. The number of halogens is 4. The van der Waals surface area contributed by atoms with Crippen LogP contribution in [0, 0.1) is 5.82 Å². The maximum atomic E-state index is 13.1. The van der Waals surface area contributed by atoms with E-state index >= 15 is 0 Å². The Morgan fingerprint density at radius 3 is 2.82 bits per heavy atom. The van der Waals surface area contributed by atoms with Crippen molar-refractivity contribution in [3.8, 4) is 5.75 Å². The Morgan fingerprint density at radius 1 is 1.50 bits per heavy atom. The van der Waals surface area contributed by atoms with Crippen LogP contribution < -0.4 is 10.1 Å². The minimum absolute atomic E-state index is 0.0779. The molecule has 1 heterocycles. The molecule has 0 aliphatic carbocycles. The van der Waals surface area contributed by atoms with E-state index in [0.29, 0.717) is 11.0 Å². The van der Waals surface area contributed by atoms with E-state index in [2.05, 4.69) is 31.1 Å².